The maximum absolute atomic E-state index is 12.1. The Hall–Kier alpha value is -1.54. The molecule has 0 bridgehead atoms. The first-order valence-corrected chi connectivity index (χ1v) is 7.50. The van der Waals surface area contributed by atoms with Gasteiger partial charge in [-0.2, -0.15) is 0 Å². The molecule has 0 aliphatic heterocycles. The Kier molecular flexibility index (Phi) is 6.22. The first-order valence-electron chi connectivity index (χ1n) is 6.73. The summed E-state index contributed by atoms with van der Waals surface area (Å²) in [6.45, 7) is 7.77. The van der Waals surface area contributed by atoms with Gasteiger partial charge in [-0.15, -0.1) is 5.10 Å². The molecule has 0 saturated heterocycles. The fraction of sp³-hybridized carbons (Fsp3) is 0.692. The smallest absolute Gasteiger partial charge is 0.326 e. The summed E-state index contributed by atoms with van der Waals surface area (Å²) < 4.78 is 9.21. The molecule has 0 spiro atoms. The third-order valence-corrected chi connectivity index (χ3v) is 3.41. The maximum Gasteiger partial charge on any atom is 0.326 e. The molecule has 2 N–H and O–H groups in total. The number of ether oxygens (including phenoxy) is 1. The zero-order chi connectivity index (χ0) is 16.0. The number of carbonyl (C=O) groups is 2. The lowest BCUT2D eigenvalue weighted by molar-refractivity contribution is -0.140. The van der Waals surface area contributed by atoms with Gasteiger partial charge in [0.2, 0.25) is 0 Å². The molecule has 1 unspecified atom stereocenters. The largest absolute Gasteiger partial charge is 0.480 e. The van der Waals surface area contributed by atoms with Crippen molar-refractivity contribution in [3.05, 3.63) is 10.6 Å². The van der Waals surface area contributed by atoms with Crippen LogP contribution in [0.4, 0.5) is 0 Å². The van der Waals surface area contributed by atoms with E-state index in [1.54, 1.807) is 0 Å². The fourth-order valence-electron chi connectivity index (χ4n) is 1.58. The highest BCUT2D eigenvalue weighted by Gasteiger charge is 2.24. The van der Waals surface area contributed by atoms with Crippen LogP contribution in [0.1, 0.15) is 49.5 Å². The minimum Gasteiger partial charge on any atom is -0.480 e. The van der Waals surface area contributed by atoms with Gasteiger partial charge in [0.1, 0.15) is 10.9 Å². The Morgan fingerprint density at radius 1 is 1.43 bits per heavy atom. The molecule has 8 heteroatoms. The van der Waals surface area contributed by atoms with Crippen LogP contribution < -0.4 is 5.32 Å². The van der Waals surface area contributed by atoms with Gasteiger partial charge >= 0.3 is 5.97 Å². The molecule has 118 valence electrons. The molecule has 0 aliphatic carbocycles. The lowest BCUT2D eigenvalue weighted by atomic mass is 10.1. The summed E-state index contributed by atoms with van der Waals surface area (Å²) in [5.41, 5.74) is 0.233. The van der Waals surface area contributed by atoms with Crippen LogP contribution in [0, 0.1) is 0 Å². The number of hydrogen-bond donors (Lipinski definition) is 2. The molecule has 1 aromatic heterocycles. The Bertz CT molecular complexity index is 496. The van der Waals surface area contributed by atoms with Crippen molar-refractivity contribution in [1.29, 1.82) is 0 Å². The number of amides is 1. The van der Waals surface area contributed by atoms with E-state index in [1.165, 1.54) is 0 Å². The van der Waals surface area contributed by atoms with Crippen LogP contribution in [-0.2, 0) is 16.0 Å². The van der Waals surface area contributed by atoms with Gasteiger partial charge in [0.15, 0.2) is 0 Å². The number of nitrogens with one attached hydrogen (secondary N) is 1. The minimum atomic E-state index is -1.09. The predicted octanol–water partition coefficient (Wildman–Crippen LogP) is 1.49. The third-order valence-electron chi connectivity index (χ3n) is 2.64. The van der Waals surface area contributed by atoms with Crippen molar-refractivity contribution in [2.75, 3.05) is 6.61 Å². The van der Waals surface area contributed by atoms with Crippen molar-refractivity contribution in [3.63, 3.8) is 0 Å². The Balaban J connectivity index is 2.62. The van der Waals surface area contributed by atoms with E-state index in [2.05, 4.69) is 14.9 Å². The molecule has 0 saturated carbocycles. The first kappa shape index (κ1) is 17.5. The van der Waals surface area contributed by atoms with Crippen molar-refractivity contribution in [2.45, 2.75) is 52.2 Å². The van der Waals surface area contributed by atoms with Crippen LogP contribution in [-0.4, -0.2) is 44.8 Å². The monoisotopic (exact) mass is 315 g/mol. The lowest BCUT2D eigenvalue weighted by Gasteiger charge is -2.21. The molecule has 1 atom stereocenters. The summed E-state index contributed by atoms with van der Waals surface area (Å²) >= 11 is 0.967. The lowest BCUT2D eigenvalue weighted by Crippen LogP contribution is -2.42. The Morgan fingerprint density at radius 3 is 2.62 bits per heavy atom. The van der Waals surface area contributed by atoms with Crippen molar-refractivity contribution in [1.82, 2.24) is 14.9 Å². The molecular formula is C13H21N3O4S. The number of hydrogen-bond acceptors (Lipinski definition) is 6. The van der Waals surface area contributed by atoms with Crippen LogP contribution in [0.25, 0.3) is 0 Å². The third kappa shape index (κ3) is 5.76. The Labute approximate surface area is 127 Å². The van der Waals surface area contributed by atoms with E-state index in [1.807, 2.05) is 27.7 Å². The summed E-state index contributed by atoms with van der Waals surface area (Å²) in [5, 5.41) is 15.5. The normalized spacial score (nSPS) is 13.0. The second-order valence-corrected chi connectivity index (χ2v) is 6.27. The van der Waals surface area contributed by atoms with Gasteiger partial charge in [0.05, 0.1) is 11.3 Å². The van der Waals surface area contributed by atoms with Gasteiger partial charge < -0.3 is 15.2 Å². The van der Waals surface area contributed by atoms with Gasteiger partial charge in [-0.3, -0.25) is 4.79 Å². The zero-order valence-electron chi connectivity index (χ0n) is 12.7. The highest BCUT2D eigenvalue weighted by Crippen LogP contribution is 2.12. The highest BCUT2D eigenvalue weighted by atomic mass is 32.1. The number of nitrogens with zero attached hydrogens (tertiary/aromatic N) is 2. The van der Waals surface area contributed by atoms with Gasteiger partial charge in [-0.05, 0) is 38.7 Å². The summed E-state index contributed by atoms with van der Waals surface area (Å²) in [4.78, 5) is 23.7. The molecule has 0 aliphatic rings. The molecule has 1 heterocycles. The van der Waals surface area contributed by atoms with E-state index in [4.69, 9.17) is 4.74 Å². The van der Waals surface area contributed by atoms with Crippen molar-refractivity contribution in [3.8, 4) is 0 Å². The van der Waals surface area contributed by atoms with Gasteiger partial charge in [-0.1, -0.05) is 11.4 Å². The van der Waals surface area contributed by atoms with E-state index in [0.29, 0.717) is 17.0 Å². The van der Waals surface area contributed by atoms with E-state index in [0.717, 1.165) is 11.5 Å². The van der Waals surface area contributed by atoms with Gasteiger partial charge in [0, 0.05) is 13.0 Å². The van der Waals surface area contributed by atoms with Gasteiger partial charge in [-0.25, -0.2) is 4.79 Å². The SMILES string of the molecule is CCc1nnsc1C(=O)NC(CCOC(C)(C)C)C(=O)O. The topological polar surface area (TPSA) is 101 Å². The molecule has 0 fully saturated rings. The molecule has 1 rings (SSSR count). The molecule has 1 amide bonds. The maximum atomic E-state index is 12.1. The van der Waals surface area contributed by atoms with Crippen LogP contribution in [0.15, 0.2) is 0 Å². The molecule has 7 nitrogen and oxygen atoms in total. The first-order chi connectivity index (χ1) is 9.74. The van der Waals surface area contributed by atoms with E-state index in [-0.39, 0.29) is 18.6 Å². The standard InChI is InChI=1S/C13H21N3O4S/c1-5-8-10(21-16-15-8)11(17)14-9(12(18)19)6-7-20-13(2,3)4/h9H,5-7H2,1-4H3,(H,14,17)(H,18,19). The molecule has 0 aromatic carbocycles. The molecule has 1 aromatic rings. The summed E-state index contributed by atoms with van der Waals surface area (Å²) in [6, 6.07) is -0.994. The average Bonchev–Trinajstić information content (AvgIpc) is 2.84. The quantitative estimate of drug-likeness (QED) is 0.790. The van der Waals surface area contributed by atoms with E-state index >= 15 is 0 Å². The Morgan fingerprint density at radius 2 is 2.10 bits per heavy atom. The number of rotatable bonds is 7. The van der Waals surface area contributed by atoms with Crippen LogP contribution >= 0.6 is 11.5 Å². The number of carboxylic acids is 1. The minimum absolute atomic E-state index is 0.200. The molecule has 21 heavy (non-hydrogen) atoms. The van der Waals surface area contributed by atoms with Crippen molar-refractivity contribution in [2.24, 2.45) is 0 Å². The van der Waals surface area contributed by atoms with Crippen LogP contribution in [0.3, 0.4) is 0 Å². The number of carbonyl (C=O) groups excluding carboxylic acids is 1. The summed E-state index contributed by atoms with van der Waals surface area (Å²) in [5.74, 6) is -1.54. The number of aryl methyl sites for hydroxylation is 1. The van der Waals surface area contributed by atoms with Crippen molar-refractivity contribution >= 4 is 23.4 Å². The molecule has 0 radical (unpaired) electrons. The average molecular weight is 315 g/mol. The second kappa shape index (κ2) is 7.46. The number of aromatic nitrogens is 2. The van der Waals surface area contributed by atoms with Gasteiger partial charge in [0.25, 0.3) is 5.91 Å². The zero-order valence-corrected chi connectivity index (χ0v) is 13.5. The fourth-order valence-corrected chi connectivity index (χ4v) is 2.23. The highest BCUT2D eigenvalue weighted by molar-refractivity contribution is 7.08. The number of carboxylic acid groups (broad SMARTS) is 1. The number of aliphatic carboxylic acids is 1. The van der Waals surface area contributed by atoms with E-state index in [9.17, 15) is 14.7 Å². The molecular weight excluding hydrogens is 294 g/mol. The summed E-state index contributed by atoms with van der Waals surface area (Å²) in [7, 11) is 0. The summed E-state index contributed by atoms with van der Waals surface area (Å²) in [6.07, 6.45) is 0.774. The van der Waals surface area contributed by atoms with E-state index < -0.39 is 17.9 Å². The van der Waals surface area contributed by atoms with Crippen LogP contribution in [0.2, 0.25) is 0 Å². The second-order valence-electron chi connectivity index (χ2n) is 5.52. The van der Waals surface area contributed by atoms with Crippen molar-refractivity contribution < 1.29 is 19.4 Å². The van der Waals surface area contributed by atoms with Crippen LogP contribution in [0.5, 0.6) is 0 Å². The predicted molar refractivity (Wildman–Crippen MR) is 78.5 cm³/mol.